The second kappa shape index (κ2) is 8.97. The predicted octanol–water partition coefficient (Wildman–Crippen LogP) is 5.53. The molecule has 4 nitrogen and oxygen atoms in total. The van der Waals surface area contributed by atoms with Crippen LogP contribution < -0.4 is 5.32 Å². The lowest BCUT2D eigenvalue weighted by molar-refractivity contribution is -0.136. The number of hydrogen-bond acceptors (Lipinski definition) is 3. The fourth-order valence-electron chi connectivity index (χ4n) is 3.86. The molecule has 0 atom stereocenters. The van der Waals surface area contributed by atoms with Gasteiger partial charge in [0.05, 0.1) is 5.57 Å². The van der Waals surface area contributed by atoms with Crippen LogP contribution in [0.15, 0.2) is 72.4 Å². The normalized spacial score (nSPS) is 13.8. The first-order chi connectivity index (χ1) is 15.3. The Morgan fingerprint density at radius 1 is 0.875 bits per heavy atom. The van der Waals surface area contributed by atoms with Gasteiger partial charge >= 0.3 is 0 Å². The molecule has 0 bridgehead atoms. The van der Waals surface area contributed by atoms with Crippen LogP contribution in [-0.4, -0.2) is 23.3 Å². The first kappa shape index (κ1) is 21.8. The predicted molar refractivity (Wildman–Crippen MR) is 125 cm³/mol. The van der Waals surface area contributed by atoms with Crippen molar-refractivity contribution in [2.75, 3.05) is 11.9 Å². The highest BCUT2D eigenvalue weighted by Crippen LogP contribution is 2.31. The summed E-state index contributed by atoms with van der Waals surface area (Å²) in [4.78, 5) is 27.9. The lowest BCUT2D eigenvalue weighted by atomic mass is 10.0. The average molecular weight is 449 g/mol. The molecule has 0 aliphatic carbocycles. The number of rotatable bonds is 6. The quantitative estimate of drug-likeness (QED) is 0.504. The first-order valence-electron chi connectivity index (χ1n) is 10.3. The molecule has 0 spiro atoms. The third-order valence-corrected chi connectivity index (χ3v) is 5.58. The molecule has 6 heteroatoms. The van der Waals surface area contributed by atoms with Crippen molar-refractivity contribution in [1.29, 1.82) is 0 Å². The number of carbonyl (C=O) groups excluding carboxylic acids is 2. The maximum absolute atomic E-state index is 13.3. The van der Waals surface area contributed by atoms with Gasteiger partial charge in [0.15, 0.2) is 0 Å². The van der Waals surface area contributed by atoms with Crippen LogP contribution in [0.1, 0.15) is 22.3 Å². The van der Waals surface area contributed by atoms with Gasteiger partial charge in [0.2, 0.25) is 0 Å². The van der Waals surface area contributed by atoms with Crippen LogP contribution in [0.25, 0.3) is 5.57 Å². The van der Waals surface area contributed by atoms with E-state index in [1.807, 2.05) is 32.0 Å². The van der Waals surface area contributed by atoms with Crippen molar-refractivity contribution in [2.24, 2.45) is 0 Å². The molecule has 1 heterocycles. The van der Waals surface area contributed by atoms with E-state index in [4.69, 9.17) is 11.6 Å². The highest BCUT2D eigenvalue weighted by molar-refractivity contribution is 6.36. The van der Waals surface area contributed by atoms with Crippen LogP contribution in [0.4, 0.5) is 10.1 Å². The number of aryl methyl sites for hydroxylation is 2. The standard InChI is InChI=1S/C26H22ClFN2O2/c1-16-13-17(2)15-22(14-16)29-24-23(19-5-7-20(27)8-6-19)25(31)30(26(24)32)12-11-18-3-9-21(28)10-4-18/h3-10,13-15,29H,11-12H2,1-2H3. The molecule has 1 N–H and O–H groups in total. The number of benzene rings is 3. The van der Waals surface area contributed by atoms with E-state index in [9.17, 15) is 14.0 Å². The van der Waals surface area contributed by atoms with Crippen LogP contribution in [0.5, 0.6) is 0 Å². The number of anilines is 1. The number of carbonyl (C=O) groups is 2. The number of halogens is 2. The van der Waals surface area contributed by atoms with E-state index in [-0.39, 0.29) is 29.9 Å². The fourth-order valence-corrected chi connectivity index (χ4v) is 3.99. The zero-order valence-electron chi connectivity index (χ0n) is 17.8. The molecule has 1 aliphatic heterocycles. The van der Waals surface area contributed by atoms with Crippen LogP contribution >= 0.6 is 11.6 Å². The van der Waals surface area contributed by atoms with Crippen molar-refractivity contribution in [3.63, 3.8) is 0 Å². The Balaban J connectivity index is 1.67. The summed E-state index contributed by atoms with van der Waals surface area (Å²) in [6, 6.07) is 18.8. The molecule has 3 aromatic carbocycles. The summed E-state index contributed by atoms with van der Waals surface area (Å²) in [5.74, 6) is -1.08. The van der Waals surface area contributed by atoms with Gasteiger partial charge in [-0.1, -0.05) is 41.9 Å². The van der Waals surface area contributed by atoms with Crippen molar-refractivity contribution in [1.82, 2.24) is 4.90 Å². The SMILES string of the molecule is Cc1cc(C)cc(NC2=C(c3ccc(Cl)cc3)C(=O)N(CCc3ccc(F)cc3)C2=O)c1. The number of amides is 2. The summed E-state index contributed by atoms with van der Waals surface area (Å²) < 4.78 is 13.2. The van der Waals surface area contributed by atoms with Crippen LogP contribution in [0.3, 0.4) is 0 Å². The van der Waals surface area contributed by atoms with Gasteiger partial charge < -0.3 is 5.32 Å². The molecule has 0 unspecified atom stereocenters. The van der Waals surface area contributed by atoms with Gasteiger partial charge in [0, 0.05) is 17.3 Å². The van der Waals surface area contributed by atoms with E-state index < -0.39 is 0 Å². The Morgan fingerprint density at radius 2 is 1.50 bits per heavy atom. The van der Waals surface area contributed by atoms with E-state index in [2.05, 4.69) is 5.32 Å². The van der Waals surface area contributed by atoms with Crippen molar-refractivity contribution in [3.8, 4) is 0 Å². The molecule has 4 rings (SSSR count). The average Bonchev–Trinajstić information content (AvgIpc) is 2.97. The summed E-state index contributed by atoms with van der Waals surface area (Å²) in [7, 11) is 0. The molecule has 3 aromatic rings. The largest absolute Gasteiger partial charge is 0.350 e. The molecular weight excluding hydrogens is 427 g/mol. The van der Waals surface area contributed by atoms with Gasteiger partial charge in [0.25, 0.3) is 11.8 Å². The number of nitrogens with zero attached hydrogens (tertiary/aromatic N) is 1. The molecule has 2 amide bonds. The monoisotopic (exact) mass is 448 g/mol. The molecular formula is C26H22ClFN2O2. The maximum atomic E-state index is 13.3. The van der Waals surface area contributed by atoms with Crippen molar-refractivity contribution in [3.05, 3.63) is 106 Å². The molecule has 32 heavy (non-hydrogen) atoms. The van der Waals surface area contributed by atoms with E-state index in [0.29, 0.717) is 22.6 Å². The third kappa shape index (κ3) is 4.58. The van der Waals surface area contributed by atoms with Gasteiger partial charge in [0.1, 0.15) is 11.5 Å². The zero-order valence-corrected chi connectivity index (χ0v) is 18.5. The lowest BCUT2D eigenvalue weighted by Gasteiger charge is -2.15. The number of nitrogens with one attached hydrogen (secondary N) is 1. The van der Waals surface area contributed by atoms with E-state index in [1.165, 1.54) is 17.0 Å². The minimum atomic E-state index is -0.388. The Bertz CT molecular complexity index is 1200. The minimum Gasteiger partial charge on any atom is -0.350 e. The Hall–Kier alpha value is -3.44. The minimum absolute atomic E-state index is 0.193. The second-order valence-corrected chi connectivity index (χ2v) is 8.33. The first-order valence-corrected chi connectivity index (χ1v) is 10.7. The molecule has 0 saturated carbocycles. The zero-order chi connectivity index (χ0) is 22.8. The number of hydrogen-bond donors (Lipinski definition) is 1. The van der Waals surface area contributed by atoms with E-state index >= 15 is 0 Å². The Labute approximate surface area is 191 Å². The van der Waals surface area contributed by atoms with Gasteiger partial charge in [-0.05, 0) is 78.9 Å². The van der Waals surface area contributed by atoms with Crippen molar-refractivity contribution in [2.45, 2.75) is 20.3 Å². The highest BCUT2D eigenvalue weighted by atomic mass is 35.5. The molecule has 0 radical (unpaired) electrons. The Morgan fingerprint density at radius 3 is 2.12 bits per heavy atom. The van der Waals surface area contributed by atoms with E-state index in [0.717, 1.165) is 22.4 Å². The van der Waals surface area contributed by atoms with Crippen LogP contribution in [0, 0.1) is 19.7 Å². The smallest absolute Gasteiger partial charge is 0.278 e. The molecule has 0 fully saturated rings. The van der Waals surface area contributed by atoms with Gasteiger partial charge in [-0.2, -0.15) is 0 Å². The van der Waals surface area contributed by atoms with Gasteiger partial charge in [-0.25, -0.2) is 4.39 Å². The highest BCUT2D eigenvalue weighted by Gasteiger charge is 2.39. The molecule has 0 aromatic heterocycles. The summed E-state index contributed by atoms with van der Waals surface area (Å²) in [6.07, 6.45) is 0.433. The van der Waals surface area contributed by atoms with Gasteiger partial charge in [-0.15, -0.1) is 0 Å². The molecule has 162 valence electrons. The van der Waals surface area contributed by atoms with Gasteiger partial charge in [-0.3, -0.25) is 14.5 Å². The summed E-state index contributed by atoms with van der Waals surface area (Å²) >= 11 is 6.02. The third-order valence-electron chi connectivity index (χ3n) is 5.33. The molecule has 0 saturated heterocycles. The summed E-state index contributed by atoms with van der Waals surface area (Å²) in [5, 5.41) is 3.73. The van der Waals surface area contributed by atoms with Crippen LogP contribution in [-0.2, 0) is 16.0 Å². The summed E-state index contributed by atoms with van der Waals surface area (Å²) in [6.45, 7) is 4.14. The lowest BCUT2D eigenvalue weighted by Crippen LogP contribution is -2.34. The van der Waals surface area contributed by atoms with Crippen LogP contribution in [0.2, 0.25) is 5.02 Å². The van der Waals surface area contributed by atoms with Crippen molar-refractivity contribution < 1.29 is 14.0 Å². The fraction of sp³-hybridized carbons (Fsp3) is 0.154. The maximum Gasteiger partial charge on any atom is 0.278 e. The molecule has 1 aliphatic rings. The Kier molecular flexibility index (Phi) is 6.10. The second-order valence-electron chi connectivity index (χ2n) is 7.90. The number of imide groups is 1. The van der Waals surface area contributed by atoms with E-state index in [1.54, 1.807) is 36.4 Å². The van der Waals surface area contributed by atoms with Crippen molar-refractivity contribution >= 4 is 34.7 Å². The topological polar surface area (TPSA) is 49.4 Å². The summed E-state index contributed by atoms with van der Waals surface area (Å²) in [5.41, 5.74) is 4.84.